The number of aryl methyl sites for hydroxylation is 1. The first-order valence-electron chi connectivity index (χ1n) is 5.65. The summed E-state index contributed by atoms with van der Waals surface area (Å²) in [5.41, 5.74) is -2.54. The van der Waals surface area contributed by atoms with Gasteiger partial charge in [0.05, 0.1) is 0 Å². The molecule has 22 heavy (non-hydrogen) atoms. The normalized spacial score (nSPS) is 14.8. The maximum atomic E-state index is 13.8. The standard InChI is InChI=1S/C12H10F7NO2/c1-5-4-6(2-3-7(5)8(20)9(21)22)10(13,11(14,15)16)12(17,18)19/h2-4,8H,20H2,1H3,(H,21,22). The molecule has 1 aromatic rings. The maximum Gasteiger partial charge on any atom is 0.435 e. The van der Waals surface area contributed by atoms with Crippen molar-refractivity contribution in [3.8, 4) is 0 Å². The minimum Gasteiger partial charge on any atom is -0.480 e. The summed E-state index contributed by atoms with van der Waals surface area (Å²) >= 11 is 0. The molecule has 3 nitrogen and oxygen atoms in total. The fourth-order valence-electron chi connectivity index (χ4n) is 1.86. The fourth-order valence-corrected chi connectivity index (χ4v) is 1.86. The third-order valence-corrected chi connectivity index (χ3v) is 3.05. The molecule has 0 aliphatic heterocycles. The van der Waals surface area contributed by atoms with Gasteiger partial charge < -0.3 is 10.8 Å². The van der Waals surface area contributed by atoms with E-state index in [1.807, 2.05) is 0 Å². The van der Waals surface area contributed by atoms with Gasteiger partial charge in [0.25, 0.3) is 0 Å². The highest BCUT2D eigenvalue weighted by molar-refractivity contribution is 5.75. The second-order valence-electron chi connectivity index (χ2n) is 4.54. The Hall–Kier alpha value is -1.84. The Morgan fingerprint density at radius 1 is 1.09 bits per heavy atom. The van der Waals surface area contributed by atoms with Gasteiger partial charge in [-0.2, -0.15) is 26.3 Å². The molecule has 1 atom stereocenters. The van der Waals surface area contributed by atoms with Crippen LogP contribution in [0.25, 0.3) is 0 Å². The molecular weight excluding hydrogens is 323 g/mol. The van der Waals surface area contributed by atoms with E-state index in [4.69, 9.17) is 10.8 Å². The van der Waals surface area contributed by atoms with Crippen LogP contribution in [-0.2, 0) is 10.5 Å². The Kier molecular flexibility index (Phi) is 4.48. The van der Waals surface area contributed by atoms with Crippen LogP contribution in [0.1, 0.15) is 22.7 Å². The topological polar surface area (TPSA) is 63.3 Å². The Bertz CT molecular complexity index is 566. The van der Waals surface area contributed by atoms with Crippen LogP contribution < -0.4 is 5.73 Å². The van der Waals surface area contributed by atoms with E-state index in [2.05, 4.69) is 0 Å². The van der Waals surface area contributed by atoms with Gasteiger partial charge in [-0.05, 0) is 18.1 Å². The van der Waals surface area contributed by atoms with Crippen molar-refractivity contribution in [3.05, 3.63) is 34.9 Å². The number of aliphatic carboxylic acids is 1. The van der Waals surface area contributed by atoms with Gasteiger partial charge in [-0.3, -0.25) is 4.79 Å². The number of carboxylic acid groups (broad SMARTS) is 1. The number of hydrogen-bond acceptors (Lipinski definition) is 2. The van der Waals surface area contributed by atoms with Crippen molar-refractivity contribution >= 4 is 5.97 Å². The summed E-state index contributed by atoms with van der Waals surface area (Å²) in [5.74, 6) is -1.53. The van der Waals surface area contributed by atoms with Gasteiger partial charge in [-0.15, -0.1) is 0 Å². The molecule has 0 fully saturated rings. The van der Waals surface area contributed by atoms with E-state index in [1.54, 1.807) is 0 Å². The molecule has 3 N–H and O–H groups in total. The van der Waals surface area contributed by atoms with Gasteiger partial charge in [0.1, 0.15) is 6.04 Å². The fraction of sp³-hybridized carbons (Fsp3) is 0.417. The highest BCUT2D eigenvalue weighted by Crippen LogP contribution is 2.53. The van der Waals surface area contributed by atoms with E-state index >= 15 is 0 Å². The molecule has 1 unspecified atom stereocenters. The van der Waals surface area contributed by atoms with E-state index in [9.17, 15) is 35.5 Å². The van der Waals surface area contributed by atoms with Crippen LogP contribution >= 0.6 is 0 Å². The number of halogens is 7. The van der Waals surface area contributed by atoms with Crippen molar-refractivity contribution in [1.82, 2.24) is 0 Å². The van der Waals surface area contributed by atoms with Crippen molar-refractivity contribution in [3.63, 3.8) is 0 Å². The van der Waals surface area contributed by atoms with E-state index in [1.165, 1.54) is 0 Å². The first-order valence-corrected chi connectivity index (χ1v) is 5.65. The van der Waals surface area contributed by atoms with Crippen molar-refractivity contribution < 1.29 is 40.6 Å². The number of hydrogen-bond donors (Lipinski definition) is 2. The zero-order valence-corrected chi connectivity index (χ0v) is 10.9. The van der Waals surface area contributed by atoms with Crippen LogP contribution in [0.3, 0.4) is 0 Å². The molecule has 0 bridgehead atoms. The van der Waals surface area contributed by atoms with Crippen LogP contribution in [0.4, 0.5) is 30.7 Å². The van der Waals surface area contributed by atoms with Crippen LogP contribution in [0.15, 0.2) is 18.2 Å². The van der Waals surface area contributed by atoms with Gasteiger partial charge in [-0.1, -0.05) is 18.2 Å². The molecule has 0 spiro atoms. The first-order chi connectivity index (χ1) is 9.73. The second kappa shape index (κ2) is 5.41. The number of nitrogens with two attached hydrogens (primary N) is 1. The highest BCUT2D eigenvalue weighted by Gasteiger charge is 2.73. The van der Waals surface area contributed by atoms with E-state index < -0.39 is 35.6 Å². The molecule has 0 aliphatic carbocycles. The molecule has 1 aromatic carbocycles. The molecule has 0 amide bonds. The maximum absolute atomic E-state index is 13.8. The minimum atomic E-state index is -6.23. The Morgan fingerprint density at radius 2 is 1.55 bits per heavy atom. The largest absolute Gasteiger partial charge is 0.480 e. The van der Waals surface area contributed by atoms with Gasteiger partial charge in [0.2, 0.25) is 0 Å². The predicted octanol–water partition coefficient (Wildman–Crippen LogP) is 3.37. The van der Waals surface area contributed by atoms with Crippen LogP contribution in [-0.4, -0.2) is 23.4 Å². The lowest BCUT2D eigenvalue weighted by molar-refractivity contribution is -0.348. The lowest BCUT2D eigenvalue weighted by Gasteiger charge is -2.30. The second-order valence-corrected chi connectivity index (χ2v) is 4.54. The van der Waals surface area contributed by atoms with E-state index in [-0.39, 0.29) is 17.2 Å². The van der Waals surface area contributed by atoms with Gasteiger partial charge in [-0.25, -0.2) is 4.39 Å². The van der Waals surface area contributed by atoms with Gasteiger partial charge in [0.15, 0.2) is 0 Å². The number of alkyl halides is 7. The molecule has 0 saturated carbocycles. The predicted molar refractivity (Wildman–Crippen MR) is 60.6 cm³/mol. The molecule has 0 radical (unpaired) electrons. The third kappa shape index (κ3) is 2.87. The van der Waals surface area contributed by atoms with Gasteiger partial charge >= 0.3 is 24.0 Å². The van der Waals surface area contributed by atoms with Crippen molar-refractivity contribution in [2.45, 2.75) is 31.0 Å². The number of rotatable bonds is 3. The summed E-state index contributed by atoms with van der Waals surface area (Å²) in [4.78, 5) is 10.7. The van der Waals surface area contributed by atoms with E-state index in [0.29, 0.717) is 12.1 Å². The highest BCUT2D eigenvalue weighted by atomic mass is 19.4. The number of benzene rings is 1. The summed E-state index contributed by atoms with van der Waals surface area (Å²) < 4.78 is 89.4. The van der Waals surface area contributed by atoms with Crippen LogP contribution in [0, 0.1) is 6.92 Å². The average molecular weight is 333 g/mol. The average Bonchev–Trinajstić information content (AvgIpc) is 2.33. The number of carboxylic acids is 1. The molecule has 0 saturated heterocycles. The Labute approximate surface area is 119 Å². The summed E-state index contributed by atoms with van der Waals surface area (Å²) in [6.07, 6.45) is -12.5. The zero-order valence-electron chi connectivity index (χ0n) is 10.9. The van der Waals surface area contributed by atoms with Crippen molar-refractivity contribution in [2.24, 2.45) is 5.73 Å². The molecule has 10 heteroatoms. The Morgan fingerprint density at radius 3 is 1.86 bits per heavy atom. The summed E-state index contributed by atoms with van der Waals surface area (Å²) in [6.45, 7) is 1.04. The van der Waals surface area contributed by atoms with Crippen LogP contribution in [0.5, 0.6) is 0 Å². The summed E-state index contributed by atoms with van der Waals surface area (Å²) in [6, 6.07) is -0.500. The summed E-state index contributed by atoms with van der Waals surface area (Å²) in [5, 5.41) is 8.69. The molecule has 0 heterocycles. The lowest BCUT2D eigenvalue weighted by atomic mass is 9.90. The van der Waals surface area contributed by atoms with Crippen molar-refractivity contribution in [1.29, 1.82) is 0 Å². The molecular formula is C12H10F7NO2. The summed E-state index contributed by atoms with van der Waals surface area (Å²) in [7, 11) is 0. The van der Waals surface area contributed by atoms with Crippen LogP contribution in [0.2, 0.25) is 0 Å². The lowest BCUT2D eigenvalue weighted by Crippen LogP contribution is -2.50. The van der Waals surface area contributed by atoms with Gasteiger partial charge in [0, 0.05) is 5.56 Å². The Balaban J connectivity index is 3.49. The van der Waals surface area contributed by atoms with Crippen molar-refractivity contribution in [2.75, 3.05) is 0 Å². The molecule has 0 aliphatic rings. The third-order valence-electron chi connectivity index (χ3n) is 3.05. The smallest absolute Gasteiger partial charge is 0.435 e. The SMILES string of the molecule is Cc1cc(C(F)(C(F)(F)F)C(F)(F)F)ccc1C(N)C(=O)O. The number of carbonyl (C=O) groups is 1. The molecule has 0 aromatic heterocycles. The molecule has 1 rings (SSSR count). The first kappa shape index (κ1) is 18.2. The molecule has 124 valence electrons. The minimum absolute atomic E-state index is 0.219. The quantitative estimate of drug-likeness (QED) is 0.834. The zero-order chi connectivity index (χ0) is 17.5. The van der Waals surface area contributed by atoms with E-state index in [0.717, 1.165) is 6.92 Å². The monoisotopic (exact) mass is 333 g/mol.